The summed E-state index contributed by atoms with van der Waals surface area (Å²) >= 11 is 3.29. The van der Waals surface area contributed by atoms with Gasteiger partial charge in [0.05, 0.1) is 4.61 Å². The maximum absolute atomic E-state index is 12.4. The molecule has 2 heterocycles. The van der Waals surface area contributed by atoms with Crippen molar-refractivity contribution < 1.29 is 9.53 Å². The number of nitrogens with one attached hydrogen (secondary N) is 1. The van der Waals surface area contributed by atoms with Gasteiger partial charge < -0.3 is 20.7 Å². The number of amides is 1. The molecule has 0 aromatic heterocycles. The highest BCUT2D eigenvalue weighted by molar-refractivity contribution is 9.11. The lowest BCUT2D eigenvalue weighted by Crippen LogP contribution is -2.52. The summed E-state index contributed by atoms with van der Waals surface area (Å²) in [5.74, 6) is 0. The Hall–Kier alpha value is -0.910. The van der Waals surface area contributed by atoms with Gasteiger partial charge in [-0.1, -0.05) is 0 Å². The minimum absolute atomic E-state index is 0.166. The number of nitrogens with two attached hydrogens (primary N) is 1. The standard InChI is InChI=1S/C15H26BrN3O2/c1-9(13(16)17)18-10-7-11-5-6-12(8-10)19(11)14(20)21-15(2,3)4/h10-12,18H,5-8,17H2,1-4H3/b13-9-. The molecule has 2 atom stereocenters. The van der Waals surface area contributed by atoms with Crippen LogP contribution in [0.2, 0.25) is 0 Å². The lowest BCUT2D eigenvalue weighted by Gasteiger charge is -2.40. The minimum Gasteiger partial charge on any atom is -0.444 e. The van der Waals surface area contributed by atoms with Gasteiger partial charge in [0, 0.05) is 23.8 Å². The van der Waals surface area contributed by atoms with Gasteiger partial charge in [-0.25, -0.2) is 4.79 Å². The number of halogens is 1. The lowest BCUT2D eigenvalue weighted by molar-refractivity contribution is 0.00514. The Labute approximate surface area is 135 Å². The Morgan fingerprint density at radius 1 is 1.29 bits per heavy atom. The quantitative estimate of drug-likeness (QED) is 0.743. The van der Waals surface area contributed by atoms with Crippen LogP contribution in [-0.4, -0.2) is 34.7 Å². The maximum atomic E-state index is 12.4. The molecule has 5 nitrogen and oxygen atoms in total. The fraction of sp³-hybridized carbons (Fsp3) is 0.800. The Kier molecular flexibility index (Phi) is 4.76. The van der Waals surface area contributed by atoms with Crippen LogP contribution in [0.15, 0.2) is 10.3 Å². The highest BCUT2D eigenvalue weighted by Crippen LogP contribution is 2.37. The molecule has 2 unspecified atom stereocenters. The Morgan fingerprint density at radius 3 is 2.24 bits per heavy atom. The summed E-state index contributed by atoms with van der Waals surface area (Å²) in [4.78, 5) is 14.3. The van der Waals surface area contributed by atoms with Crippen molar-refractivity contribution in [3.63, 3.8) is 0 Å². The van der Waals surface area contributed by atoms with Gasteiger partial charge in [0.1, 0.15) is 5.60 Å². The van der Waals surface area contributed by atoms with Crippen LogP contribution in [0.5, 0.6) is 0 Å². The van der Waals surface area contributed by atoms with Gasteiger partial charge in [0.15, 0.2) is 0 Å². The first-order chi connectivity index (χ1) is 9.67. The second-order valence-corrected chi connectivity index (χ2v) is 7.91. The molecule has 120 valence electrons. The number of nitrogens with zero attached hydrogens (tertiary/aromatic N) is 1. The van der Waals surface area contributed by atoms with E-state index in [1.54, 1.807) is 0 Å². The molecule has 2 rings (SSSR count). The summed E-state index contributed by atoms with van der Waals surface area (Å²) in [6.07, 6.45) is 3.87. The summed E-state index contributed by atoms with van der Waals surface area (Å²) in [6, 6.07) is 0.929. The molecule has 3 N–H and O–H groups in total. The van der Waals surface area contributed by atoms with Gasteiger partial charge in [0.2, 0.25) is 0 Å². The zero-order valence-electron chi connectivity index (χ0n) is 13.3. The monoisotopic (exact) mass is 359 g/mol. The molecule has 2 aliphatic rings. The van der Waals surface area contributed by atoms with Crippen LogP contribution in [0.25, 0.3) is 0 Å². The molecule has 0 aliphatic carbocycles. The third-order valence-corrected chi connectivity index (χ3v) is 4.71. The first kappa shape index (κ1) is 16.5. The largest absolute Gasteiger partial charge is 0.444 e. The molecule has 21 heavy (non-hydrogen) atoms. The average Bonchev–Trinajstić information content (AvgIpc) is 2.59. The van der Waals surface area contributed by atoms with Gasteiger partial charge in [-0.05, 0) is 69.3 Å². The fourth-order valence-corrected chi connectivity index (χ4v) is 3.40. The summed E-state index contributed by atoms with van der Waals surface area (Å²) in [5, 5.41) is 3.46. The first-order valence-electron chi connectivity index (χ1n) is 7.57. The Morgan fingerprint density at radius 2 is 1.81 bits per heavy atom. The van der Waals surface area contributed by atoms with E-state index in [9.17, 15) is 4.79 Å². The SMILES string of the molecule is C/C(NC1CC2CCC(C1)N2C(=O)OC(C)(C)C)=C(/N)Br. The highest BCUT2D eigenvalue weighted by atomic mass is 79.9. The van der Waals surface area contributed by atoms with Crippen LogP contribution in [0, 0.1) is 0 Å². The topological polar surface area (TPSA) is 67.6 Å². The van der Waals surface area contributed by atoms with E-state index in [2.05, 4.69) is 21.2 Å². The number of carbonyl (C=O) groups excluding carboxylic acids is 1. The molecule has 2 fully saturated rings. The van der Waals surface area contributed by atoms with Gasteiger partial charge >= 0.3 is 6.09 Å². The Bertz CT molecular complexity index is 427. The fourth-order valence-electron chi connectivity index (χ4n) is 3.28. The third-order valence-electron chi connectivity index (χ3n) is 4.12. The number of hydrogen-bond acceptors (Lipinski definition) is 4. The van der Waals surface area contributed by atoms with E-state index < -0.39 is 5.60 Å². The predicted molar refractivity (Wildman–Crippen MR) is 86.9 cm³/mol. The van der Waals surface area contributed by atoms with Crippen molar-refractivity contribution in [3.05, 3.63) is 10.3 Å². The van der Waals surface area contributed by atoms with Gasteiger partial charge in [-0.15, -0.1) is 0 Å². The normalized spacial score (nSPS) is 30.0. The molecule has 0 aromatic rings. The third kappa shape index (κ3) is 4.05. The van der Waals surface area contributed by atoms with Crippen LogP contribution in [-0.2, 0) is 4.74 Å². The lowest BCUT2D eigenvalue weighted by atomic mass is 9.97. The second kappa shape index (κ2) is 6.07. The first-order valence-corrected chi connectivity index (χ1v) is 8.36. The van der Waals surface area contributed by atoms with Crippen molar-refractivity contribution in [1.82, 2.24) is 10.2 Å². The molecule has 2 aliphatic heterocycles. The van der Waals surface area contributed by atoms with Crippen molar-refractivity contribution in [3.8, 4) is 0 Å². The zero-order valence-corrected chi connectivity index (χ0v) is 14.9. The van der Waals surface area contributed by atoms with E-state index in [1.165, 1.54) is 0 Å². The van der Waals surface area contributed by atoms with Crippen LogP contribution < -0.4 is 11.1 Å². The number of fused-ring (bicyclic) bond motifs is 2. The number of piperidine rings is 1. The number of allylic oxidation sites excluding steroid dienone is 1. The van der Waals surface area contributed by atoms with Crippen molar-refractivity contribution in [2.75, 3.05) is 0 Å². The van der Waals surface area contributed by atoms with Gasteiger partial charge in [-0.2, -0.15) is 0 Å². The van der Waals surface area contributed by atoms with Crippen molar-refractivity contribution in [2.45, 2.75) is 77.1 Å². The second-order valence-electron chi connectivity index (χ2n) is 7.06. The van der Waals surface area contributed by atoms with Crippen molar-refractivity contribution in [2.24, 2.45) is 5.73 Å². The number of carbonyl (C=O) groups is 1. The van der Waals surface area contributed by atoms with E-state index >= 15 is 0 Å². The number of hydrogen-bond donors (Lipinski definition) is 2. The van der Waals surface area contributed by atoms with Gasteiger partial charge in [-0.3, -0.25) is 0 Å². The molecule has 6 heteroatoms. The van der Waals surface area contributed by atoms with E-state index in [0.29, 0.717) is 10.6 Å². The van der Waals surface area contributed by atoms with Crippen molar-refractivity contribution in [1.29, 1.82) is 0 Å². The summed E-state index contributed by atoms with van der Waals surface area (Å²) in [6.45, 7) is 7.70. The van der Waals surface area contributed by atoms with Crippen LogP contribution in [0.3, 0.4) is 0 Å². The summed E-state index contributed by atoms with van der Waals surface area (Å²) in [7, 11) is 0. The van der Waals surface area contributed by atoms with Crippen LogP contribution in [0.1, 0.15) is 53.4 Å². The van der Waals surface area contributed by atoms with E-state index in [-0.39, 0.29) is 18.2 Å². The van der Waals surface area contributed by atoms with E-state index in [1.807, 2.05) is 32.6 Å². The van der Waals surface area contributed by atoms with E-state index in [4.69, 9.17) is 10.5 Å². The average molecular weight is 360 g/mol. The van der Waals surface area contributed by atoms with Gasteiger partial charge in [0.25, 0.3) is 0 Å². The highest BCUT2D eigenvalue weighted by Gasteiger charge is 2.44. The summed E-state index contributed by atoms with van der Waals surface area (Å²) in [5.41, 5.74) is 6.26. The molecular weight excluding hydrogens is 334 g/mol. The van der Waals surface area contributed by atoms with Crippen LogP contribution >= 0.6 is 15.9 Å². The molecule has 0 radical (unpaired) electrons. The van der Waals surface area contributed by atoms with E-state index in [0.717, 1.165) is 31.4 Å². The number of ether oxygens (including phenoxy) is 1. The molecule has 0 aromatic carbocycles. The molecule has 1 amide bonds. The van der Waals surface area contributed by atoms with Crippen molar-refractivity contribution >= 4 is 22.0 Å². The maximum Gasteiger partial charge on any atom is 0.410 e. The zero-order chi connectivity index (χ0) is 15.8. The molecule has 2 saturated heterocycles. The minimum atomic E-state index is -0.435. The summed E-state index contributed by atoms with van der Waals surface area (Å²) < 4.78 is 6.19. The molecule has 0 saturated carbocycles. The Balaban J connectivity index is 1.99. The predicted octanol–water partition coefficient (Wildman–Crippen LogP) is 3.05. The molecule has 2 bridgehead atoms. The smallest absolute Gasteiger partial charge is 0.410 e. The van der Waals surface area contributed by atoms with Crippen LogP contribution in [0.4, 0.5) is 4.79 Å². The number of rotatable bonds is 2. The molecule has 0 spiro atoms. The molecular formula is C15H26BrN3O2.